The number of pyridine rings is 2. The molecule has 5 rings (SSSR count). The number of nitrogens with zero attached hydrogens (tertiary/aromatic N) is 5. The van der Waals surface area contributed by atoms with E-state index in [1.165, 1.54) is 29.7 Å². The lowest BCUT2D eigenvalue weighted by Gasteiger charge is -2.27. The van der Waals surface area contributed by atoms with Crippen molar-refractivity contribution in [2.45, 2.75) is 79.1 Å². The van der Waals surface area contributed by atoms with E-state index in [9.17, 15) is 0 Å². The van der Waals surface area contributed by atoms with E-state index in [4.69, 9.17) is 19.6 Å². The van der Waals surface area contributed by atoms with Crippen LogP contribution in [0.2, 0.25) is 0 Å². The van der Waals surface area contributed by atoms with Gasteiger partial charge in [0.2, 0.25) is 0 Å². The highest BCUT2D eigenvalue weighted by atomic mass is 16.6. The maximum absolute atomic E-state index is 5.91. The smallest absolute Gasteiger partial charge is 0.125 e. The standard InChI is InChI=1S/C29H39N5O2/c1-20-13-14-22-9-7-11-24(27(22)30-20)32-35-18-29(3,4)19-36-33-25-12-8-10-23-26(34-15-5-6-16-34)17-21(2)31-28(23)25/h13-14,17H,5-12,15-16,18-19H2,1-4H3. The minimum Gasteiger partial charge on any atom is -0.395 e. The Morgan fingerprint density at radius 3 is 2.17 bits per heavy atom. The summed E-state index contributed by atoms with van der Waals surface area (Å²) in [6.07, 6.45) is 8.62. The molecule has 3 aliphatic rings. The fourth-order valence-corrected chi connectivity index (χ4v) is 5.35. The second-order valence-corrected chi connectivity index (χ2v) is 11.3. The highest BCUT2D eigenvalue weighted by Crippen LogP contribution is 2.32. The molecule has 0 atom stereocenters. The van der Waals surface area contributed by atoms with Crippen molar-refractivity contribution in [3.63, 3.8) is 0 Å². The predicted molar refractivity (Wildman–Crippen MR) is 144 cm³/mol. The van der Waals surface area contributed by atoms with E-state index in [1.807, 2.05) is 6.92 Å². The van der Waals surface area contributed by atoms with Gasteiger partial charge in [0.05, 0.1) is 11.4 Å². The first-order valence-electron chi connectivity index (χ1n) is 13.5. The lowest BCUT2D eigenvalue weighted by molar-refractivity contribution is -0.000311. The molecule has 0 amide bonds. The van der Waals surface area contributed by atoms with Crippen molar-refractivity contribution in [1.29, 1.82) is 0 Å². The Bertz CT molecular complexity index is 1160. The van der Waals surface area contributed by atoms with Crippen LogP contribution in [0.3, 0.4) is 0 Å². The summed E-state index contributed by atoms with van der Waals surface area (Å²) in [4.78, 5) is 23.8. The molecule has 0 spiro atoms. The molecule has 0 bridgehead atoms. The van der Waals surface area contributed by atoms with Gasteiger partial charge in [0, 0.05) is 41.1 Å². The maximum atomic E-state index is 5.91. The lowest BCUT2D eigenvalue weighted by atomic mass is 9.92. The molecule has 7 heteroatoms. The number of oxime groups is 2. The number of aromatic nitrogens is 2. The van der Waals surface area contributed by atoms with Gasteiger partial charge in [-0.3, -0.25) is 9.97 Å². The van der Waals surface area contributed by atoms with Crippen molar-refractivity contribution in [1.82, 2.24) is 9.97 Å². The SMILES string of the molecule is Cc1ccc2c(n1)C(=NOCC(C)(C)CON=C1CCCc3c(N4CCCC4)cc(C)nc31)CCC2. The highest BCUT2D eigenvalue weighted by Gasteiger charge is 2.26. The quantitative estimate of drug-likeness (QED) is 0.478. The van der Waals surface area contributed by atoms with Gasteiger partial charge in [0.15, 0.2) is 0 Å². The van der Waals surface area contributed by atoms with Crippen LogP contribution in [0.4, 0.5) is 5.69 Å². The van der Waals surface area contributed by atoms with E-state index in [1.54, 1.807) is 0 Å². The van der Waals surface area contributed by atoms with Crippen molar-refractivity contribution in [3.05, 3.63) is 52.1 Å². The predicted octanol–water partition coefficient (Wildman–Crippen LogP) is 5.53. The Morgan fingerprint density at radius 1 is 0.806 bits per heavy atom. The second kappa shape index (κ2) is 10.6. The van der Waals surface area contributed by atoms with E-state index < -0.39 is 0 Å². The molecule has 0 aromatic carbocycles. The molecule has 3 heterocycles. The maximum Gasteiger partial charge on any atom is 0.125 e. The second-order valence-electron chi connectivity index (χ2n) is 11.3. The summed E-state index contributed by atoms with van der Waals surface area (Å²) < 4.78 is 0. The minimum absolute atomic E-state index is 0.232. The fourth-order valence-electron chi connectivity index (χ4n) is 5.35. The van der Waals surface area contributed by atoms with Crippen molar-refractivity contribution in [2.24, 2.45) is 15.7 Å². The van der Waals surface area contributed by atoms with E-state index in [2.05, 4.69) is 54.2 Å². The van der Waals surface area contributed by atoms with Gasteiger partial charge in [-0.05, 0) is 82.9 Å². The Balaban J connectivity index is 1.22. The zero-order valence-electron chi connectivity index (χ0n) is 22.3. The van der Waals surface area contributed by atoms with Gasteiger partial charge in [0.25, 0.3) is 0 Å². The number of fused-ring (bicyclic) bond motifs is 2. The fraction of sp³-hybridized carbons (Fsp3) is 0.586. The zero-order valence-corrected chi connectivity index (χ0v) is 22.3. The summed E-state index contributed by atoms with van der Waals surface area (Å²) >= 11 is 0. The van der Waals surface area contributed by atoms with E-state index >= 15 is 0 Å². The summed E-state index contributed by atoms with van der Waals surface area (Å²) in [5.74, 6) is 0. The van der Waals surface area contributed by atoms with Crippen LogP contribution in [-0.2, 0) is 22.5 Å². The topological polar surface area (TPSA) is 72.2 Å². The number of hydrogen-bond donors (Lipinski definition) is 0. The van der Waals surface area contributed by atoms with Crippen LogP contribution in [0.5, 0.6) is 0 Å². The summed E-state index contributed by atoms with van der Waals surface area (Å²) in [6, 6.07) is 6.48. The highest BCUT2D eigenvalue weighted by molar-refractivity contribution is 6.02. The summed E-state index contributed by atoms with van der Waals surface area (Å²) in [7, 11) is 0. The third-order valence-corrected chi connectivity index (χ3v) is 7.30. The minimum atomic E-state index is -0.232. The molecule has 0 saturated carbocycles. The van der Waals surface area contributed by atoms with Gasteiger partial charge in [-0.15, -0.1) is 0 Å². The molecule has 0 unspecified atom stereocenters. The van der Waals surface area contributed by atoms with Gasteiger partial charge >= 0.3 is 0 Å². The average molecular weight is 490 g/mol. The van der Waals surface area contributed by atoms with Crippen LogP contribution in [0.15, 0.2) is 28.5 Å². The van der Waals surface area contributed by atoms with E-state index in [-0.39, 0.29) is 5.41 Å². The summed E-state index contributed by atoms with van der Waals surface area (Å²) in [6.45, 7) is 11.5. The molecule has 2 aromatic heterocycles. The Morgan fingerprint density at radius 2 is 1.44 bits per heavy atom. The Labute approximate surface area is 215 Å². The Hall–Kier alpha value is -2.96. The van der Waals surface area contributed by atoms with Gasteiger partial charge < -0.3 is 14.6 Å². The number of aryl methyl sites for hydroxylation is 3. The third kappa shape index (κ3) is 5.55. The third-order valence-electron chi connectivity index (χ3n) is 7.30. The molecule has 2 aliphatic carbocycles. The molecule has 1 fully saturated rings. The molecular formula is C29H39N5O2. The molecule has 7 nitrogen and oxygen atoms in total. The largest absolute Gasteiger partial charge is 0.395 e. The number of rotatable bonds is 7. The van der Waals surface area contributed by atoms with Crippen molar-refractivity contribution in [2.75, 3.05) is 31.2 Å². The van der Waals surface area contributed by atoms with Crippen LogP contribution in [-0.4, -0.2) is 47.7 Å². The molecule has 0 radical (unpaired) electrons. The van der Waals surface area contributed by atoms with Crippen LogP contribution in [0.25, 0.3) is 0 Å². The van der Waals surface area contributed by atoms with Gasteiger partial charge in [-0.2, -0.15) is 0 Å². The summed E-state index contributed by atoms with van der Waals surface area (Å²) in [5, 5.41) is 9.07. The van der Waals surface area contributed by atoms with Crippen LogP contribution in [0.1, 0.15) is 86.3 Å². The van der Waals surface area contributed by atoms with Gasteiger partial charge in [0.1, 0.15) is 24.6 Å². The van der Waals surface area contributed by atoms with Crippen molar-refractivity contribution < 1.29 is 9.68 Å². The van der Waals surface area contributed by atoms with Crippen LogP contribution in [0, 0.1) is 19.3 Å². The van der Waals surface area contributed by atoms with Crippen molar-refractivity contribution in [3.8, 4) is 0 Å². The van der Waals surface area contributed by atoms with Gasteiger partial charge in [-0.25, -0.2) is 0 Å². The van der Waals surface area contributed by atoms with Gasteiger partial charge in [-0.1, -0.05) is 30.2 Å². The molecule has 192 valence electrons. The van der Waals surface area contributed by atoms with Crippen molar-refractivity contribution >= 4 is 17.1 Å². The Kier molecular flexibility index (Phi) is 7.26. The zero-order chi connectivity index (χ0) is 25.1. The molecule has 2 aromatic rings. The van der Waals surface area contributed by atoms with Crippen LogP contribution >= 0.6 is 0 Å². The molecule has 1 saturated heterocycles. The first-order chi connectivity index (χ1) is 17.4. The number of anilines is 1. The average Bonchev–Trinajstić information content (AvgIpc) is 3.39. The normalized spacial score (nSPS) is 19.9. The first-order valence-corrected chi connectivity index (χ1v) is 13.5. The molecule has 1 aliphatic heterocycles. The monoisotopic (exact) mass is 489 g/mol. The first kappa shape index (κ1) is 24.7. The number of hydrogen-bond acceptors (Lipinski definition) is 7. The molecular weight excluding hydrogens is 450 g/mol. The van der Waals surface area contributed by atoms with Crippen LogP contribution < -0.4 is 4.90 Å². The summed E-state index contributed by atoms with van der Waals surface area (Å²) in [5.41, 5.74) is 9.72. The lowest BCUT2D eigenvalue weighted by Crippen LogP contribution is -2.26. The molecule has 36 heavy (non-hydrogen) atoms. The van der Waals surface area contributed by atoms with E-state index in [0.29, 0.717) is 13.2 Å². The molecule has 0 N–H and O–H groups in total. The van der Waals surface area contributed by atoms with E-state index in [0.717, 1.165) is 85.8 Å².